The molecule has 0 atom stereocenters. The van der Waals surface area contributed by atoms with Crippen molar-refractivity contribution in [2.24, 2.45) is 5.41 Å². The van der Waals surface area contributed by atoms with E-state index < -0.39 is 0 Å². The van der Waals surface area contributed by atoms with Crippen LogP contribution in [0.4, 0.5) is 0 Å². The first kappa shape index (κ1) is 14.9. The molecule has 2 rings (SSSR count). The Morgan fingerprint density at radius 2 is 1.79 bits per heavy atom. The highest BCUT2D eigenvalue weighted by atomic mass is 32.1. The molecule has 0 heterocycles. The molecule has 1 aliphatic carbocycles. The third-order valence-corrected chi connectivity index (χ3v) is 5.18. The molecule has 0 spiro atoms. The Labute approximate surface area is 123 Å². The van der Waals surface area contributed by atoms with Crippen molar-refractivity contribution in [2.75, 3.05) is 18.8 Å². The van der Waals surface area contributed by atoms with Gasteiger partial charge in [0.25, 0.3) is 0 Å². The Bertz CT molecular complexity index is 357. The van der Waals surface area contributed by atoms with E-state index in [4.69, 9.17) is 0 Å². The van der Waals surface area contributed by atoms with Gasteiger partial charge in [0.2, 0.25) is 0 Å². The van der Waals surface area contributed by atoms with Crippen LogP contribution in [0, 0.1) is 5.41 Å². The lowest BCUT2D eigenvalue weighted by atomic mass is 9.75. The van der Waals surface area contributed by atoms with Crippen molar-refractivity contribution < 1.29 is 0 Å². The summed E-state index contributed by atoms with van der Waals surface area (Å²) in [6, 6.07) is 10.8. The molecule has 1 nitrogen and oxygen atoms in total. The molecule has 2 heteroatoms. The van der Waals surface area contributed by atoms with Gasteiger partial charge in [-0.15, -0.1) is 0 Å². The van der Waals surface area contributed by atoms with E-state index in [0.717, 1.165) is 18.8 Å². The van der Waals surface area contributed by atoms with Crippen LogP contribution >= 0.6 is 12.6 Å². The van der Waals surface area contributed by atoms with E-state index >= 15 is 0 Å². The van der Waals surface area contributed by atoms with E-state index in [1.165, 1.54) is 44.2 Å². The quantitative estimate of drug-likeness (QED) is 0.755. The Hall–Kier alpha value is -0.470. The zero-order valence-corrected chi connectivity index (χ0v) is 13.0. The molecule has 1 fully saturated rings. The van der Waals surface area contributed by atoms with Gasteiger partial charge >= 0.3 is 0 Å². The summed E-state index contributed by atoms with van der Waals surface area (Å²) in [6.07, 6.45) is 6.93. The number of thiol groups is 1. The molecule has 0 unspecified atom stereocenters. The summed E-state index contributed by atoms with van der Waals surface area (Å²) in [6.45, 7) is 5.69. The summed E-state index contributed by atoms with van der Waals surface area (Å²) in [7, 11) is 0. The summed E-state index contributed by atoms with van der Waals surface area (Å²) in [5.74, 6) is 1.04. The highest BCUT2D eigenvalue weighted by molar-refractivity contribution is 7.80. The molecule has 1 saturated carbocycles. The fourth-order valence-corrected chi connectivity index (χ4v) is 3.68. The summed E-state index contributed by atoms with van der Waals surface area (Å²) in [4.78, 5) is 2.59. The van der Waals surface area contributed by atoms with Crippen molar-refractivity contribution in [3.63, 3.8) is 0 Å². The number of nitrogens with zero attached hydrogens (tertiary/aromatic N) is 1. The Kier molecular flexibility index (Phi) is 5.77. The van der Waals surface area contributed by atoms with Crippen LogP contribution in [0.3, 0.4) is 0 Å². The van der Waals surface area contributed by atoms with Gasteiger partial charge in [0, 0.05) is 13.1 Å². The van der Waals surface area contributed by atoms with Crippen molar-refractivity contribution in [3.05, 3.63) is 35.9 Å². The third-order valence-electron chi connectivity index (χ3n) is 4.50. The fraction of sp³-hybridized carbons (Fsp3) is 0.647. The lowest BCUT2D eigenvalue weighted by Gasteiger charge is -2.40. The molecular weight excluding hydrogens is 250 g/mol. The number of benzene rings is 1. The second-order valence-corrected chi connectivity index (χ2v) is 6.32. The predicted molar refractivity (Wildman–Crippen MR) is 86.8 cm³/mol. The fourth-order valence-electron chi connectivity index (χ4n) is 3.26. The number of hydrogen-bond donors (Lipinski definition) is 1. The third kappa shape index (κ3) is 4.25. The number of hydrogen-bond acceptors (Lipinski definition) is 2. The van der Waals surface area contributed by atoms with E-state index in [0.29, 0.717) is 5.41 Å². The first-order chi connectivity index (χ1) is 9.28. The highest BCUT2D eigenvalue weighted by Gasteiger charge is 2.32. The van der Waals surface area contributed by atoms with Crippen LogP contribution in [0.5, 0.6) is 0 Å². The first-order valence-electron chi connectivity index (χ1n) is 7.65. The van der Waals surface area contributed by atoms with Gasteiger partial charge in [-0.3, -0.25) is 4.90 Å². The van der Waals surface area contributed by atoms with Gasteiger partial charge in [0.1, 0.15) is 0 Å². The predicted octanol–water partition coefficient (Wildman–Crippen LogP) is 4.39. The smallest absolute Gasteiger partial charge is 0.0233 e. The molecule has 1 aliphatic rings. The largest absolute Gasteiger partial charge is 0.299 e. The summed E-state index contributed by atoms with van der Waals surface area (Å²) < 4.78 is 0. The van der Waals surface area contributed by atoms with Crippen LogP contribution < -0.4 is 0 Å². The van der Waals surface area contributed by atoms with Gasteiger partial charge in [-0.25, -0.2) is 0 Å². The van der Waals surface area contributed by atoms with E-state index in [1.807, 2.05) is 0 Å². The standard InChI is InChI=1S/C17H27NS/c1-2-18(13-16-9-5-3-6-10-16)14-17(15-19)11-7-4-8-12-17/h3,5-6,9-10,19H,2,4,7-8,11-15H2,1H3. The first-order valence-corrected chi connectivity index (χ1v) is 8.28. The van der Waals surface area contributed by atoms with Gasteiger partial charge < -0.3 is 0 Å². The maximum Gasteiger partial charge on any atom is 0.0233 e. The SMILES string of the molecule is CCN(Cc1ccccc1)CC1(CS)CCCCC1. The topological polar surface area (TPSA) is 3.24 Å². The summed E-state index contributed by atoms with van der Waals surface area (Å²) in [5.41, 5.74) is 1.89. The van der Waals surface area contributed by atoms with Crippen LogP contribution in [0.1, 0.15) is 44.6 Å². The summed E-state index contributed by atoms with van der Waals surface area (Å²) in [5, 5.41) is 0. The molecule has 0 aliphatic heterocycles. The second kappa shape index (κ2) is 7.35. The molecule has 0 amide bonds. The number of rotatable bonds is 6. The molecule has 0 bridgehead atoms. The Morgan fingerprint density at radius 3 is 2.37 bits per heavy atom. The molecule has 106 valence electrons. The van der Waals surface area contributed by atoms with Crippen molar-refractivity contribution in [1.29, 1.82) is 0 Å². The molecule has 0 saturated heterocycles. The Balaban J connectivity index is 1.97. The van der Waals surface area contributed by atoms with Crippen molar-refractivity contribution >= 4 is 12.6 Å². The lowest BCUT2D eigenvalue weighted by Crippen LogP contribution is -2.40. The van der Waals surface area contributed by atoms with E-state index in [9.17, 15) is 0 Å². The van der Waals surface area contributed by atoms with E-state index in [1.54, 1.807) is 0 Å². The molecule has 1 aromatic rings. The molecular formula is C17H27NS. The Morgan fingerprint density at radius 1 is 1.11 bits per heavy atom. The van der Waals surface area contributed by atoms with E-state index in [2.05, 4.69) is 54.8 Å². The minimum atomic E-state index is 0.464. The van der Waals surface area contributed by atoms with Gasteiger partial charge in [-0.2, -0.15) is 12.6 Å². The monoisotopic (exact) mass is 277 g/mol. The maximum atomic E-state index is 4.66. The van der Waals surface area contributed by atoms with Gasteiger partial charge in [0.05, 0.1) is 0 Å². The van der Waals surface area contributed by atoms with Crippen LogP contribution in [-0.4, -0.2) is 23.7 Å². The van der Waals surface area contributed by atoms with Crippen LogP contribution in [0.25, 0.3) is 0 Å². The minimum Gasteiger partial charge on any atom is -0.299 e. The second-order valence-electron chi connectivity index (χ2n) is 6.01. The van der Waals surface area contributed by atoms with Gasteiger partial charge in [-0.05, 0) is 36.1 Å². The molecule has 0 radical (unpaired) electrons. The van der Waals surface area contributed by atoms with Crippen LogP contribution in [-0.2, 0) is 6.54 Å². The summed E-state index contributed by atoms with van der Waals surface area (Å²) >= 11 is 4.66. The molecule has 19 heavy (non-hydrogen) atoms. The van der Waals surface area contributed by atoms with E-state index in [-0.39, 0.29) is 0 Å². The van der Waals surface area contributed by atoms with Crippen molar-refractivity contribution in [3.8, 4) is 0 Å². The van der Waals surface area contributed by atoms with Crippen LogP contribution in [0.15, 0.2) is 30.3 Å². The average Bonchev–Trinajstić information content (AvgIpc) is 2.48. The minimum absolute atomic E-state index is 0.464. The molecule has 0 aromatic heterocycles. The normalized spacial score (nSPS) is 18.7. The highest BCUT2D eigenvalue weighted by Crippen LogP contribution is 2.38. The van der Waals surface area contributed by atoms with Crippen LogP contribution in [0.2, 0.25) is 0 Å². The lowest BCUT2D eigenvalue weighted by molar-refractivity contribution is 0.125. The molecule has 0 N–H and O–H groups in total. The maximum absolute atomic E-state index is 4.66. The molecule has 1 aromatic carbocycles. The average molecular weight is 277 g/mol. The van der Waals surface area contributed by atoms with Crippen molar-refractivity contribution in [1.82, 2.24) is 4.90 Å². The zero-order valence-electron chi connectivity index (χ0n) is 12.1. The van der Waals surface area contributed by atoms with Gasteiger partial charge in [-0.1, -0.05) is 56.5 Å². The van der Waals surface area contributed by atoms with Gasteiger partial charge in [0.15, 0.2) is 0 Å². The zero-order chi connectivity index (χ0) is 13.6. The van der Waals surface area contributed by atoms with Crippen molar-refractivity contribution in [2.45, 2.75) is 45.6 Å².